The van der Waals surface area contributed by atoms with Crippen LogP contribution >= 0.6 is 15.9 Å². The summed E-state index contributed by atoms with van der Waals surface area (Å²) < 4.78 is 6.18. The van der Waals surface area contributed by atoms with E-state index in [-0.39, 0.29) is 31.1 Å². The fourth-order valence-corrected chi connectivity index (χ4v) is 1.90. The second-order valence-electron chi connectivity index (χ2n) is 6.65. The van der Waals surface area contributed by atoms with Crippen LogP contribution in [0, 0.1) is 48.9 Å². The van der Waals surface area contributed by atoms with E-state index >= 15 is 0 Å². The van der Waals surface area contributed by atoms with Gasteiger partial charge in [0.1, 0.15) is 12.3 Å². The minimum Gasteiger partial charge on any atom is -0.520 e. The van der Waals surface area contributed by atoms with E-state index in [1.165, 1.54) is 5.92 Å². The molecule has 0 aromatic carbocycles. The van der Waals surface area contributed by atoms with Crippen molar-refractivity contribution in [3.63, 3.8) is 0 Å². The Morgan fingerprint density at radius 3 is 2.24 bits per heavy atom. The van der Waals surface area contributed by atoms with Crippen molar-refractivity contribution in [1.82, 2.24) is 9.88 Å². The van der Waals surface area contributed by atoms with Crippen LogP contribution in [0.25, 0.3) is 0 Å². The first-order chi connectivity index (χ1) is 13.4. The van der Waals surface area contributed by atoms with E-state index in [9.17, 15) is 4.79 Å². The summed E-state index contributed by atoms with van der Waals surface area (Å²) in [6.07, 6.45) is 7.94. The topological polar surface area (TPSA) is 42.4 Å². The van der Waals surface area contributed by atoms with Crippen LogP contribution in [-0.4, -0.2) is 42.6 Å². The van der Waals surface area contributed by atoms with Crippen molar-refractivity contribution in [2.75, 3.05) is 26.3 Å². The second kappa shape index (κ2) is 25.7. The maximum Gasteiger partial charge on any atom is 2.00 e. The molecule has 0 N–H and O–H groups in total. The van der Waals surface area contributed by atoms with Crippen molar-refractivity contribution < 1.29 is 40.6 Å². The van der Waals surface area contributed by atoms with Crippen molar-refractivity contribution in [1.29, 1.82) is 0 Å². The maximum absolute atomic E-state index is 10.2. The molecule has 0 radical (unpaired) electrons. The van der Waals surface area contributed by atoms with E-state index in [4.69, 9.17) is 4.74 Å². The van der Waals surface area contributed by atoms with E-state index in [0.29, 0.717) is 6.61 Å². The number of pyridine rings is 1. The van der Waals surface area contributed by atoms with Crippen LogP contribution in [0.3, 0.4) is 0 Å². The van der Waals surface area contributed by atoms with Crippen LogP contribution in [0.1, 0.15) is 72.9 Å². The Labute approximate surface area is 211 Å². The molecule has 0 aliphatic heterocycles. The van der Waals surface area contributed by atoms with Gasteiger partial charge in [0.25, 0.3) is 0 Å². The zero-order valence-corrected chi connectivity index (χ0v) is 24.7. The van der Waals surface area contributed by atoms with E-state index in [1.807, 2.05) is 18.5 Å². The summed E-state index contributed by atoms with van der Waals surface area (Å²) in [7, 11) is 0. The molecule has 6 heteroatoms. The van der Waals surface area contributed by atoms with E-state index in [0.717, 1.165) is 55.5 Å². The van der Waals surface area contributed by atoms with Crippen LogP contribution in [0.4, 0.5) is 0 Å². The van der Waals surface area contributed by atoms with Gasteiger partial charge in [-0.05, 0) is 66.3 Å². The average molecular weight is 691 g/mol. The summed E-state index contributed by atoms with van der Waals surface area (Å²) in [4.78, 5) is 16.0. The molecule has 0 bridgehead atoms. The summed E-state index contributed by atoms with van der Waals surface area (Å²) in [5.74, 6) is 7.25. The predicted molar refractivity (Wildman–Crippen MR) is 123 cm³/mol. The molecule has 1 aromatic rings. The maximum atomic E-state index is 10.2. The van der Waals surface area contributed by atoms with Gasteiger partial charge >= 0.3 is 31.1 Å². The molecule has 0 aliphatic rings. The summed E-state index contributed by atoms with van der Waals surface area (Å²) in [6, 6.07) is 3.79. The first kappa shape index (κ1) is 33.3. The van der Waals surface area contributed by atoms with Gasteiger partial charge in [-0.25, -0.2) is 4.98 Å². The molecule has 4 nitrogen and oxygen atoms in total. The molecule has 0 fully saturated rings. The second-order valence-corrected chi connectivity index (χ2v) is 7.56. The Morgan fingerprint density at radius 1 is 1.14 bits per heavy atom. The molecular formula is C23H37BrN2O2U. The van der Waals surface area contributed by atoms with Gasteiger partial charge in [0.15, 0.2) is 0 Å². The van der Waals surface area contributed by atoms with Gasteiger partial charge in [-0.2, -0.15) is 27.2 Å². The molecule has 1 aromatic heterocycles. The fraction of sp³-hybridized carbons (Fsp3) is 0.609. The van der Waals surface area contributed by atoms with Gasteiger partial charge in [0.2, 0.25) is 0 Å². The van der Waals surface area contributed by atoms with Crippen molar-refractivity contribution in [2.24, 2.45) is 0 Å². The zero-order chi connectivity index (χ0) is 21.6. The average Bonchev–Trinajstić information content (AvgIpc) is 2.66. The summed E-state index contributed by atoms with van der Waals surface area (Å²) in [5.41, 5.74) is 0.772. The van der Waals surface area contributed by atoms with Crippen molar-refractivity contribution in [3.8, 4) is 11.8 Å². The monoisotopic (exact) mass is 690 g/mol. The molecule has 0 saturated heterocycles. The fourth-order valence-electron chi connectivity index (χ4n) is 1.67. The van der Waals surface area contributed by atoms with Crippen LogP contribution < -0.4 is 0 Å². The van der Waals surface area contributed by atoms with Gasteiger partial charge < -0.3 is 20.3 Å². The molecule has 0 aliphatic carbocycles. The molecule has 1 amide bonds. The van der Waals surface area contributed by atoms with Crippen LogP contribution in [-0.2, 0) is 9.53 Å². The number of rotatable bonds is 9. The normalized spacial score (nSPS) is 8.97. The third kappa shape index (κ3) is 27.7. The number of hydrogen-bond donors (Lipinski definition) is 0. The van der Waals surface area contributed by atoms with Crippen LogP contribution in [0.5, 0.6) is 0 Å². The van der Waals surface area contributed by atoms with Crippen molar-refractivity contribution in [3.05, 3.63) is 34.4 Å². The number of hydrogen-bond acceptors (Lipinski definition) is 3. The SMILES string of the molecule is CCCCN([C-]=O)CCC.CCCOCC#Cc1ccc(Br)cn1.C[C-](C)C.[U+2]. The number of carbonyl (C=O) groups excluding carboxylic acids is 1. The Bertz CT molecular complexity index is 525. The van der Waals surface area contributed by atoms with E-state index in [2.05, 4.69) is 74.3 Å². The number of nitrogens with zero attached hydrogens (tertiary/aromatic N) is 2. The Morgan fingerprint density at radius 2 is 1.79 bits per heavy atom. The first-order valence-corrected chi connectivity index (χ1v) is 10.8. The Kier molecular flexibility index (Phi) is 29.5. The predicted octanol–water partition coefficient (Wildman–Crippen LogP) is 5.81. The van der Waals surface area contributed by atoms with E-state index < -0.39 is 0 Å². The molecule has 1 rings (SSSR count). The summed E-state index contributed by atoms with van der Waals surface area (Å²) in [5, 5.41) is 0. The number of halogens is 1. The summed E-state index contributed by atoms with van der Waals surface area (Å²) >= 11 is 3.31. The van der Waals surface area contributed by atoms with Crippen LogP contribution in [0.15, 0.2) is 22.8 Å². The van der Waals surface area contributed by atoms with E-state index in [1.54, 1.807) is 11.1 Å². The molecule has 162 valence electrons. The zero-order valence-electron chi connectivity index (χ0n) is 19.0. The van der Waals surface area contributed by atoms with Gasteiger partial charge in [-0.3, -0.25) is 0 Å². The standard InChI is InChI=1S/C11H12BrNO.C8H16NO.C4H9.U/c1-2-7-14-8-3-4-11-6-5-10(12)9-13-11;1-3-5-7-9(8-10)6-4-2;1-4(2)3;/h5-6,9H,2,7-8H2,1H3;3-7H2,1-2H3;1-3H3;/q;2*-1;+2. The third-order valence-electron chi connectivity index (χ3n) is 2.87. The quantitative estimate of drug-likeness (QED) is 0.142. The molecule has 0 saturated carbocycles. The number of unbranched alkanes of at least 4 members (excludes halogenated alkanes) is 1. The Hall–Kier alpha value is -0.328. The smallest absolute Gasteiger partial charge is 0.520 e. The van der Waals surface area contributed by atoms with Gasteiger partial charge in [-0.15, -0.1) is 0 Å². The van der Waals surface area contributed by atoms with Crippen molar-refractivity contribution in [2.45, 2.75) is 67.2 Å². The minimum atomic E-state index is 0. The molecule has 0 unspecified atom stereocenters. The third-order valence-corrected chi connectivity index (χ3v) is 3.34. The van der Waals surface area contributed by atoms with Gasteiger partial charge in [0, 0.05) is 17.3 Å². The molecule has 0 spiro atoms. The van der Waals surface area contributed by atoms with Gasteiger partial charge in [0.05, 0.1) is 0 Å². The molecule has 1 heterocycles. The molecule has 0 atom stereocenters. The number of ether oxygens (including phenoxy) is 1. The Balaban J connectivity index is -0.000000397. The molecular weight excluding hydrogens is 654 g/mol. The van der Waals surface area contributed by atoms with Crippen molar-refractivity contribution >= 4 is 22.3 Å². The van der Waals surface area contributed by atoms with Crippen LogP contribution in [0.2, 0.25) is 0 Å². The first-order valence-electron chi connectivity index (χ1n) is 9.98. The summed E-state index contributed by atoms with van der Waals surface area (Å²) in [6.45, 7) is 15.5. The number of aromatic nitrogens is 1. The molecule has 29 heavy (non-hydrogen) atoms. The van der Waals surface area contributed by atoms with Gasteiger partial charge in [-0.1, -0.05) is 33.1 Å². The minimum absolute atomic E-state index is 0. The largest absolute Gasteiger partial charge is 2.00 e. The number of amides is 1.